The van der Waals surface area contributed by atoms with Crippen molar-refractivity contribution < 1.29 is 14.6 Å². The van der Waals surface area contributed by atoms with E-state index < -0.39 is 10.8 Å². The average Bonchev–Trinajstić information content (AvgIpc) is 2.39. The number of ether oxygens (including phenoxy) is 2. The number of aliphatic hydroxyl groups is 1. The van der Waals surface area contributed by atoms with E-state index in [1.807, 2.05) is 0 Å². The molecule has 0 bridgehead atoms. The van der Waals surface area contributed by atoms with Crippen LogP contribution in [0.3, 0.4) is 0 Å². The van der Waals surface area contributed by atoms with Gasteiger partial charge in [0.15, 0.2) is 13.6 Å². The zero-order valence-corrected chi connectivity index (χ0v) is 12.9. The van der Waals surface area contributed by atoms with Crippen molar-refractivity contribution in [3.05, 3.63) is 41.3 Å². The van der Waals surface area contributed by atoms with Crippen molar-refractivity contribution in [1.82, 2.24) is 9.97 Å². The molecular weight excluding hydrogens is 343 g/mol. The zero-order valence-electron chi connectivity index (χ0n) is 11.3. The van der Waals surface area contributed by atoms with E-state index >= 15 is 0 Å². The summed E-state index contributed by atoms with van der Waals surface area (Å²) in [5.41, 5.74) is -2.54. The van der Waals surface area contributed by atoms with Crippen molar-refractivity contribution in [2.45, 2.75) is 10.8 Å². The lowest BCUT2D eigenvalue weighted by molar-refractivity contribution is -0.0617. The Morgan fingerprint density at radius 3 is 2.55 bits per heavy atom. The Balaban J connectivity index is 2.28. The fraction of sp³-hybridized carbons (Fsp3) is 0.167. The summed E-state index contributed by atoms with van der Waals surface area (Å²) < 4.78 is 11.4. The summed E-state index contributed by atoms with van der Waals surface area (Å²) in [6.45, 7) is 0. The molecule has 22 heavy (non-hydrogen) atoms. The molecule has 0 fully saturated rings. The number of halogens is 1. The number of nitrogens with zero attached hydrogens (tertiary/aromatic N) is 2. The first-order valence-corrected chi connectivity index (χ1v) is 6.79. The molecule has 2 rings (SSSR count). The summed E-state index contributed by atoms with van der Waals surface area (Å²) >= 11 is 3.27. The van der Waals surface area contributed by atoms with Gasteiger partial charge in [0.25, 0.3) is 5.88 Å². The minimum atomic E-state index is -2.54. The number of hydrogen-bond donors (Lipinski definition) is 1. The van der Waals surface area contributed by atoms with Crippen molar-refractivity contribution in [3.63, 3.8) is 0 Å². The van der Waals surface area contributed by atoms with E-state index in [1.54, 1.807) is 18.3 Å². The predicted molar refractivity (Wildman–Crippen MR) is 87.5 cm³/mol. The van der Waals surface area contributed by atoms with Gasteiger partial charge in [-0.05, 0) is 34.1 Å². The molecule has 2 aromatic heterocycles. The molecule has 0 aromatic carbocycles. The highest BCUT2D eigenvalue weighted by atomic mass is 79.9. The van der Waals surface area contributed by atoms with Crippen LogP contribution in [0.25, 0.3) is 0 Å². The monoisotopic (exact) mass is 350 g/mol. The number of hydrogen-bond acceptors (Lipinski definition) is 5. The van der Waals surface area contributed by atoms with Gasteiger partial charge in [-0.15, -0.1) is 0 Å². The third-order valence-corrected chi connectivity index (χ3v) is 2.95. The molecule has 1 N–H and O–H groups in total. The van der Waals surface area contributed by atoms with E-state index in [-0.39, 0.29) is 11.6 Å². The highest BCUT2D eigenvalue weighted by Crippen LogP contribution is 2.35. The second-order valence-electron chi connectivity index (χ2n) is 4.48. The maximum absolute atomic E-state index is 9.92. The molecule has 0 aliphatic carbocycles. The van der Waals surface area contributed by atoms with Crippen molar-refractivity contribution in [2.75, 3.05) is 0 Å². The molecule has 1 unspecified atom stereocenters. The molecule has 0 amide bonds. The molecule has 0 saturated heterocycles. The molecule has 2 heterocycles. The third kappa shape index (κ3) is 4.08. The third-order valence-electron chi connectivity index (χ3n) is 2.52. The van der Waals surface area contributed by atoms with Crippen molar-refractivity contribution in [3.8, 4) is 17.4 Å². The summed E-state index contributed by atoms with van der Waals surface area (Å²) in [5, 5.41) is 7.72. The molecule has 0 spiro atoms. The molecule has 102 valence electrons. The topological polar surface area (TPSA) is 64.5 Å². The molecule has 8 radical (unpaired) electrons. The molecule has 0 saturated carbocycles. The largest absolute Gasteiger partial charge is 0.468 e. The Hall–Kier alpha value is -1.40. The fourth-order valence-electron chi connectivity index (χ4n) is 1.35. The summed E-state index contributed by atoms with van der Waals surface area (Å²) in [5.74, 6) is 0.409. The van der Waals surface area contributed by atoms with Gasteiger partial charge in [-0.2, -0.15) is 0 Å². The van der Waals surface area contributed by atoms with Crippen LogP contribution >= 0.6 is 15.9 Å². The number of rotatable bonds is 5. The highest BCUT2D eigenvalue weighted by molar-refractivity contribution is 9.10. The van der Waals surface area contributed by atoms with E-state index in [4.69, 9.17) is 40.9 Å². The normalized spacial score (nSPS) is 14.1. The van der Waals surface area contributed by atoms with Crippen LogP contribution in [-0.2, 0) is 0 Å². The van der Waals surface area contributed by atoms with Gasteiger partial charge in [0.2, 0.25) is 0 Å². The van der Waals surface area contributed by atoms with Gasteiger partial charge in [-0.3, -0.25) is 4.98 Å². The SMILES string of the molecule is [B]C([B])([B])C([B])(O)Oc1cccnc1Oc1cncc(Br)c1. The van der Waals surface area contributed by atoms with Gasteiger partial charge in [0.1, 0.15) is 11.4 Å². The summed E-state index contributed by atoms with van der Waals surface area (Å²) in [4.78, 5) is 7.94. The molecule has 5 nitrogen and oxygen atoms in total. The molecule has 1 atom stereocenters. The summed E-state index contributed by atoms with van der Waals surface area (Å²) in [6.07, 6.45) is 4.52. The average molecular weight is 350 g/mol. The van der Waals surface area contributed by atoms with Crippen LogP contribution in [0.1, 0.15) is 0 Å². The smallest absolute Gasteiger partial charge is 0.262 e. The first-order chi connectivity index (χ1) is 10.2. The van der Waals surface area contributed by atoms with Crippen LogP contribution in [0.4, 0.5) is 0 Å². The molecule has 2 aromatic rings. The Morgan fingerprint density at radius 1 is 1.18 bits per heavy atom. The first-order valence-electron chi connectivity index (χ1n) is 5.99. The Morgan fingerprint density at radius 2 is 1.91 bits per heavy atom. The van der Waals surface area contributed by atoms with Crippen molar-refractivity contribution in [2.24, 2.45) is 0 Å². The van der Waals surface area contributed by atoms with Gasteiger partial charge < -0.3 is 14.6 Å². The summed E-state index contributed by atoms with van der Waals surface area (Å²) in [7, 11) is 21.6. The lowest BCUT2D eigenvalue weighted by Gasteiger charge is -2.39. The lowest BCUT2D eigenvalue weighted by atomic mass is 9.35. The Bertz CT molecular complexity index is 667. The second-order valence-corrected chi connectivity index (χ2v) is 5.39. The Labute approximate surface area is 141 Å². The predicted octanol–water partition coefficient (Wildman–Crippen LogP) is 0.804. The van der Waals surface area contributed by atoms with Crippen molar-refractivity contribution in [1.29, 1.82) is 0 Å². The van der Waals surface area contributed by atoms with E-state index in [0.717, 1.165) is 0 Å². The maximum atomic E-state index is 9.92. The van der Waals surface area contributed by atoms with Crippen molar-refractivity contribution >= 4 is 47.3 Å². The fourth-order valence-corrected chi connectivity index (χ4v) is 1.69. The molecular formula is C12H7B4BrN2O3. The van der Waals surface area contributed by atoms with Gasteiger partial charge >= 0.3 is 0 Å². The number of pyridine rings is 2. The van der Waals surface area contributed by atoms with Crippen LogP contribution in [0.5, 0.6) is 17.4 Å². The van der Waals surface area contributed by atoms with Gasteiger partial charge in [-0.1, -0.05) is 5.11 Å². The van der Waals surface area contributed by atoms with Gasteiger partial charge in [0.05, 0.1) is 29.7 Å². The molecule has 0 aliphatic rings. The van der Waals surface area contributed by atoms with Crippen LogP contribution < -0.4 is 9.47 Å². The van der Waals surface area contributed by atoms with E-state index in [1.165, 1.54) is 18.5 Å². The quantitative estimate of drug-likeness (QED) is 0.639. The standard InChI is InChI=1S/C12H7B4BrN2O3/c13-11(14,15)12(16,20)22-9-2-1-3-19-10(9)21-8-4-7(17)5-18-6-8/h1-6,20H. The zero-order chi connectivity index (χ0) is 16.4. The van der Waals surface area contributed by atoms with Crippen LogP contribution in [0.15, 0.2) is 41.3 Å². The van der Waals surface area contributed by atoms with Crippen LogP contribution in [-0.4, -0.2) is 52.1 Å². The lowest BCUT2D eigenvalue weighted by Crippen LogP contribution is -2.50. The minimum Gasteiger partial charge on any atom is -0.468 e. The molecule has 10 heteroatoms. The van der Waals surface area contributed by atoms with Crippen LogP contribution in [0, 0.1) is 0 Å². The Kier molecular flexibility index (Phi) is 4.92. The molecule has 0 aliphatic heterocycles. The van der Waals surface area contributed by atoms with Crippen LogP contribution in [0.2, 0.25) is 5.11 Å². The summed E-state index contributed by atoms with van der Waals surface area (Å²) in [6, 6.07) is 4.67. The number of aromatic nitrogens is 2. The minimum absolute atomic E-state index is 0.00167. The van der Waals surface area contributed by atoms with E-state index in [9.17, 15) is 5.11 Å². The van der Waals surface area contributed by atoms with Gasteiger partial charge in [0, 0.05) is 16.9 Å². The second kappa shape index (κ2) is 6.38. The highest BCUT2D eigenvalue weighted by Gasteiger charge is 2.36. The van der Waals surface area contributed by atoms with E-state index in [0.29, 0.717) is 10.2 Å². The van der Waals surface area contributed by atoms with E-state index in [2.05, 4.69) is 25.9 Å². The maximum Gasteiger partial charge on any atom is 0.262 e. The van der Waals surface area contributed by atoms with Gasteiger partial charge in [-0.25, -0.2) is 4.98 Å². The first kappa shape index (κ1) is 17.0.